The predicted octanol–water partition coefficient (Wildman–Crippen LogP) is 4.25. The summed E-state index contributed by atoms with van der Waals surface area (Å²) >= 11 is 0. The summed E-state index contributed by atoms with van der Waals surface area (Å²) in [6, 6.07) is 1.15. The van der Waals surface area contributed by atoms with E-state index in [0.29, 0.717) is 0 Å². The molecular weight excluding hydrogens is 298 g/mol. The van der Waals surface area contributed by atoms with Crippen LogP contribution < -0.4 is 0 Å². The first kappa shape index (κ1) is 18.6. The molecule has 0 amide bonds. The van der Waals surface area contributed by atoms with Gasteiger partial charge in [-0.25, -0.2) is 0 Å². The molecule has 0 aliphatic carbocycles. The first-order valence-electron chi connectivity index (χ1n) is 8.12. The number of likely N-dealkylation sites (tertiary alicyclic amines) is 1. The van der Waals surface area contributed by atoms with E-state index in [0.717, 1.165) is 6.04 Å². The highest BCUT2D eigenvalue weighted by Crippen LogP contribution is 2.25. The highest BCUT2D eigenvalue weighted by Gasteiger charge is 2.39. The van der Waals surface area contributed by atoms with Crippen molar-refractivity contribution in [3.63, 3.8) is 0 Å². The predicted molar refractivity (Wildman–Crippen MR) is 95.6 cm³/mol. The van der Waals surface area contributed by atoms with Gasteiger partial charge < -0.3 is 13.1 Å². The number of hydrogen-bond acceptors (Lipinski definition) is 3. The lowest BCUT2D eigenvalue weighted by Gasteiger charge is -2.38. The van der Waals surface area contributed by atoms with E-state index in [9.17, 15) is 0 Å². The Bertz CT molecular complexity index is 278. The molecule has 0 radical (unpaired) electrons. The van der Waals surface area contributed by atoms with Gasteiger partial charge in [0.2, 0.25) is 0 Å². The molecule has 0 saturated carbocycles. The van der Waals surface area contributed by atoms with Gasteiger partial charge in [-0.1, -0.05) is 0 Å². The van der Waals surface area contributed by atoms with Crippen LogP contribution in [-0.2, 0) is 8.23 Å². The van der Waals surface area contributed by atoms with Crippen molar-refractivity contribution < 1.29 is 8.23 Å². The second-order valence-corrected chi connectivity index (χ2v) is 21.1. The Morgan fingerprint density at radius 3 is 1.65 bits per heavy atom. The van der Waals surface area contributed by atoms with Gasteiger partial charge in [-0.2, -0.15) is 0 Å². The van der Waals surface area contributed by atoms with Crippen LogP contribution in [0.3, 0.4) is 0 Å². The zero-order valence-corrected chi connectivity index (χ0v) is 17.7. The van der Waals surface area contributed by atoms with Gasteiger partial charge in [0.05, 0.1) is 0 Å². The van der Waals surface area contributed by atoms with Crippen molar-refractivity contribution in [3.8, 4) is 0 Å². The molecule has 20 heavy (non-hydrogen) atoms. The fourth-order valence-electron chi connectivity index (χ4n) is 3.05. The quantitative estimate of drug-likeness (QED) is 0.620. The van der Waals surface area contributed by atoms with Crippen LogP contribution in [0.2, 0.25) is 51.9 Å². The largest absolute Gasteiger partial charge is 0.437 e. The average Bonchev–Trinajstić information content (AvgIpc) is 2.63. The third kappa shape index (κ3) is 8.09. The van der Waals surface area contributed by atoms with Crippen molar-refractivity contribution in [1.82, 2.24) is 4.90 Å². The van der Waals surface area contributed by atoms with E-state index in [4.69, 9.17) is 8.23 Å². The van der Waals surface area contributed by atoms with Gasteiger partial charge in [0.1, 0.15) is 0 Å². The molecule has 1 fully saturated rings. The van der Waals surface area contributed by atoms with E-state index < -0.39 is 25.2 Å². The van der Waals surface area contributed by atoms with Gasteiger partial charge in [-0.3, -0.25) is 0 Å². The number of hydrogen-bond donors (Lipinski definition) is 0. The zero-order chi connectivity index (χ0) is 15.4. The molecule has 1 rings (SSSR count). The minimum Gasteiger partial charge on any atom is -0.437 e. The van der Waals surface area contributed by atoms with Crippen molar-refractivity contribution in [2.24, 2.45) is 0 Å². The van der Waals surface area contributed by atoms with E-state index in [1.54, 1.807) is 0 Å². The fraction of sp³-hybridized carbons (Fsp3) is 1.00. The van der Waals surface area contributed by atoms with Crippen molar-refractivity contribution in [2.45, 2.75) is 71.1 Å². The van der Waals surface area contributed by atoms with Gasteiger partial charge >= 0.3 is 8.56 Å². The Hall–Kier alpha value is 0.531. The summed E-state index contributed by atoms with van der Waals surface area (Å²) in [5.74, 6) is 0. The van der Waals surface area contributed by atoms with Gasteiger partial charge in [0, 0.05) is 0 Å². The molecule has 6 heteroatoms. The normalized spacial score (nSPS) is 18.8. The zero-order valence-electron chi connectivity index (χ0n) is 14.7. The molecule has 0 N–H and O–H groups in total. The summed E-state index contributed by atoms with van der Waals surface area (Å²) < 4.78 is 13.1. The Morgan fingerprint density at radius 2 is 1.25 bits per heavy atom. The van der Waals surface area contributed by atoms with Gasteiger partial charge in [-0.05, 0) is 90.8 Å². The van der Waals surface area contributed by atoms with Crippen molar-refractivity contribution in [3.05, 3.63) is 0 Å². The molecule has 1 aliphatic heterocycles. The van der Waals surface area contributed by atoms with Crippen LogP contribution in [-0.4, -0.2) is 49.7 Å². The lowest BCUT2D eigenvalue weighted by molar-refractivity contribution is 0.327. The molecule has 0 unspecified atom stereocenters. The molecule has 0 aromatic carbocycles. The SMILES string of the molecule is C[Si](C)(C)O[Si](C)(CCCN1CCCC1)O[Si](C)(C)C. The molecule has 1 saturated heterocycles. The third-order valence-electron chi connectivity index (χ3n) is 3.35. The Morgan fingerprint density at radius 1 is 0.800 bits per heavy atom. The van der Waals surface area contributed by atoms with Crippen LogP contribution >= 0.6 is 0 Å². The Labute approximate surface area is 129 Å². The standard InChI is InChI=1S/C14H35NO2Si3/c1-18(2,3)16-20(7,17-19(4,5)6)14-10-13-15-11-8-9-12-15/h8-14H2,1-7H3. The highest BCUT2D eigenvalue weighted by molar-refractivity contribution is 6.87. The second-order valence-electron chi connectivity index (χ2n) is 8.21. The molecule has 1 heterocycles. The maximum absolute atomic E-state index is 6.54. The molecule has 120 valence electrons. The maximum Gasteiger partial charge on any atom is 0.314 e. The van der Waals surface area contributed by atoms with Crippen LogP contribution in [0.5, 0.6) is 0 Å². The first-order valence-corrected chi connectivity index (χ1v) is 17.5. The molecular formula is C14H35NO2Si3. The lowest BCUT2D eigenvalue weighted by Crippen LogP contribution is -2.52. The summed E-state index contributed by atoms with van der Waals surface area (Å²) in [5, 5.41) is 0. The molecule has 0 spiro atoms. The van der Waals surface area contributed by atoms with Crippen molar-refractivity contribution in [2.75, 3.05) is 19.6 Å². The number of rotatable bonds is 8. The molecule has 1 aliphatic rings. The molecule has 0 atom stereocenters. The van der Waals surface area contributed by atoms with E-state index >= 15 is 0 Å². The van der Waals surface area contributed by atoms with Crippen LogP contribution in [0, 0.1) is 0 Å². The molecule has 0 bridgehead atoms. The summed E-state index contributed by atoms with van der Waals surface area (Å²) in [5.41, 5.74) is 0. The summed E-state index contributed by atoms with van der Waals surface area (Å²) in [4.78, 5) is 2.60. The minimum absolute atomic E-state index is 1.15. The summed E-state index contributed by atoms with van der Waals surface area (Å²) in [7, 11) is -5.05. The van der Waals surface area contributed by atoms with E-state index in [2.05, 4.69) is 50.7 Å². The first-order chi connectivity index (χ1) is 8.99. The molecule has 3 nitrogen and oxygen atoms in total. The summed E-state index contributed by atoms with van der Waals surface area (Å²) in [6.45, 7) is 19.8. The smallest absolute Gasteiger partial charge is 0.314 e. The Balaban J connectivity index is 2.52. The average molecular weight is 334 g/mol. The Kier molecular flexibility index (Phi) is 6.68. The van der Waals surface area contributed by atoms with E-state index in [1.807, 2.05) is 0 Å². The highest BCUT2D eigenvalue weighted by atomic mass is 28.5. The second kappa shape index (κ2) is 7.19. The number of nitrogens with zero attached hydrogens (tertiary/aromatic N) is 1. The minimum atomic E-state index is -2.00. The van der Waals surface area contributed by atoms with Crippen LogP contribution in [0.4, 0.5) is 0 Å². The van der Waals surface area contributed by atoms with E-state index in [1.165, 1.54) is 38.9 Å². The monoisotopic (exact) mass is 333 g/mol. The molecule has 0 aromatic heterocycles. The lowest BCUT2D eigenvalue weighted by atomic mass is 10.4. The van der Waals surface area contributed by atoms with Gasteiger partial charge in [-0.15, -0.1) is 0 Å². The van der Waals surface area contributed by atoms with Crippen LogP contribution in [0.1, 0.15) is 19.3 Å². The summed E-state index contributed by atoms with van der Waals surface area (Å²) in [6.07, 6.45) is 3.99. The fourth-order valence-corrected chi connectivity index (χ4v) is 15.6. The maximum atomic E-state index is 6.54. The van der Waals surface area contributed by atoms with Gasteiger partial charge in [0.15, 0.2) is 16.6 Å². The van der Waals surface area contributed by atoms with Crippen LogP contribution in [0.25, 0.3) is 0 Å². The van der Waals surface area contributed by atoms with Crippen molar-refractivity contribution >= 4 is 25.2 Å². The van der Waals surface area contributed by atoms with Crippen LogP contribution in [0.15, 0.2) is 0 Å². The van der Waals surface area contributed by atoms with Gasteiger partial charge in [0.25, 0.3) is 0 Å². The van der Waals surface area contributed by atoms with E-state index in [-0.39, 0.29) is 0 Å². The third-order valence-corrected chi connectivity index (χ3v) is 13.0. The molecule has 0 aromatic rings. The topological polar surface area (TPSA) is 21.7 Å². The van der Waals surface area contributed by atoms with Crippen molar-refractivity contribution in [1.29, 1.82) is 0 Å².